The second-order valence-corrected chi connectivity index (χ2v) is 4.71. The Labute approximate surface area is 101 Å². The highest BCUT2D eigenvalue weighted by Gasteiger charge is 2.23. The molecule has 0 saturated carbocycles. The average Bonchev–Trinajstić information content (AvgIpc) is 2.76. The lowest BCUT2D eigenvalue weighted by Gasteiger charge is -2.25. The number of hydrogen-bond donors (Lipinski definition) is 1. The molecule has 0 fully saturated rings. The maximum absolute atomic E-state index is 8.51. The van der Waals surface area contributed by atoms with E-state index in [0.29, 0.717) is 13.3 Å². The first kappa shape index (κ1) is 11.7. The molecule has 1 aliphatic rings. The van der Waals surface area contributed by atoms with Crippen molar-refractivity contribution in [3.63, 3.8) is 0 Å². The summed E-state index contributed by atoms with van der Waals surface area (Å²) >= 11 is 0. The summed E-state index contributed by atoms with van der Waals surface area (Å²) < 4.78 is 10.6. The molecule has 0 aliphatic carbocycles. The fourth-order valence-corrected chi connectivity index (χ4v) is 1.85. The Morgan fingerprint density at radius 3 is 2.88 bits per heavy atom. The van der Waals surface area contributed by atoms with Crippen LogP contribution in [0.4, 0.5) is 0 Å². The van der Waals surface area contributed by atoms with Gasteiger partial charge >= 0.3 is 0 Å². The largest absolute Gasteiger partial charge is 0.454 e. The predicted molar refractivity (Wildman–Crippen MR) is 64.1 cm³/mol. The monoisotopic (exact) mass is 232 g/mol. The summed E-state index contributed by atoms with van der Waals surface area (Å²) in [6.45, 7) is 5.68. The third kappa shape index (κ3) is 2.51. The van der Waals surface area contributed by atoms with Crippen molar-refractivity contribution in [2.24, 2.45) is 0 Å². The van der Waals surface area contributed by atoms with Gasteiger partial charge in [0.05, 0.1) is 12.6 Å². The van der Waals surface area contributed by atoms with E-state index in [0.717, 1.165) is 18.0 Å². The van der Waals surface area contributed by atoms with Crippen LogP contribution in [0, 0.1) is 11.3 Å². The highest BCUT2D eigenvalue weighted by atomic mass is 16.7. The molecule has 1 aromatic carbocycles. The van der Waals surface area contributed by atoms with E-state index in [1.807, 2.05) is 18.2 Å². The van der Waals surface area contributed by atoms with Crippen LogP contribution >= 0.6 is 0 Å². The van der Waals surface area contributed by atoms with Crippen LogP contribution in [0.2, 0.25) is 0 Å². The average molecular weight is 232 g/mol. The van der Waals surface area contributed by atoms with E-state index in [9.17, 15) is 0 Å². The van der Waals surface area contributed by atoms with E-state index in [1.165, 1.54) is 5.56 Å². The van der Waals surface area contributed by atoms with Crippen LogP contribution in [-0.2, 0) is 5.41 Å². The van der Waals surface area contributed by atoms with Gasteiger partial charge in [0.25, 0.3) is 0 Å². The first-order chi connectivity index (χ1) is 8.13. The highest BCUT2D eigenvalue weighted by molar-refractivity contribution is 5.46. The van der Waals surface area contributed by atoms with Crippen molar-refractivity contribution in [1.29, 1.82) is 5.26 Å². The maximum atomic E-state index is 8.51. The quantitative estimate of drug-likeness (QED) is 0.635. The molecule has 1 aromatic rings. The molecule has 0 aromatic heterocycles. The summed E-state index contributed by atoms with van der Waals surface area (Å²) in [4.78, 5) is 0. The third-order valence-corrected chi connectivity index (χ3v) is 2.93. The third-order valence-electron chi connectivity index (χ3n) is 2.93. The number of nitriles is 1. The summed E-state index contributed by atoms with van der Waals surface area (Å²) in [6.07, 6.45) is 0. The van der Waals surface area contributed by atoms with Crippen molar-refractivity contribution in [3.8, 4) is 17.6 Å². The molecule has 1 N–H and O–H groups in total. The summed E-state index contributed by atoms with van der Waals surface area (Å²) in [5.74, 6) is 1.60. The molecule has 0 atom stereocenters. The van der Waals surface area contributed by atoms with Crippen LogP contribution in [-0.4, -0.2) is 19.9 Å². The van der Waals surface area contributed by atoms with Crippen LogP contribution in [0.1, 0.15) is 19.4 Å². The summed E-state index contributed by atoms with van der Waals surface area (Å²) in [6, 6.07) is 8.07. The zero-order valence-electron chi connectivity index (χ0n) is 10.1. The molecule has 4 heteroatoms. The number of nitrogens with one attached hydrogen (secondary N) is 1. The van der Waals surface area contributed by atoms with Crippen molar-refractivity contribution in [1.82, 2.24) is 5.32 Å². The molecule has 90 valence electrons. The van der Waals surface area contributed by atoms with E-state index in [2.05, 4.69) is 25.2 Å². The number of benzene rings is 1. The minimum atomic E-state index is -0.0438. The summed E-state index contributed by atoms with van der Waals surface area (Å²) in [5, 5.41) is 11.6. The Morgan fingerprint density at radius 1 is 1.35 bits per heavy atom. The van der Waals surface area contributed by atoms with Gasteiger partial charge in [-0.1, -0.05) is 19.9 Å². The van der Waals surface area contributed by atoms with Crippen LogP contribution in [0.15, 0.2) is 18.2 Å². The van der Waals surface area contributed by atoms with Crippen LogP contribution in [0.25, 0.3) is 0 Å². The Hall–Kier alpha value is -1.73. The smallest absolute Gasteiger partial charge is 0.231 e. The SMILES string of the molecule is CC(C)(CNCC#N)c1ccc2c(c1)OCO2. The predicted octanol–water partition coefficient (Wildman–Crippen LogP) is 1.81. The summed E-state index contributed by atoms with van der Waals surface area (Å²) in [7, 11) is 0. The zero-order chi connectivity index (χ0) is 12.3. The van der Waals surface area contributed by atoms with Crippen molar-refractivity contribution in [2.75, 3.05) is 19.9 Å². The Bertz CT molecular complexity index is 449. The molecule has 0 amide bonds. The fourth-order valence-electron chi connectivity index (χ4n) is 1.85. The lowest BCUT2D eigenvalue weighted by molar-refractivity contribution is 0.174. The number of rotatable bonds is 4. The molecule has 1 heterocycles. The van der Waals surface area contributed by atoms with Gasteiger partial charge in [0.1, 0.15) is 0 Å². The molecular weight excluding hydrogens is 216 g/mol. The first-order valence-electron chi connectivity index (χ1n) is 5.61. The van der Waals surface area contributed by atoms with Gasteiger partial charge in [0, 0.05) is 12.0 Å². The second kappa shape index (κ2) is 4.64. The minimum absolute atomic E-state index is 0.0438. The van der Waals surface area contributed by atoms with Crippen LogP contribution < -0.4 is 14.8 Å². The molecule has 2 rings (SSSR count). The molecule has 0 spiro atoms. The van der Waals surface area contributed by atoms with Gasteiger partial charge in [0.2, 0.25) is 6.79 Å². The van der Waals surface area contributed by atoms with Gasteiger partial charge in [-0.05, 0) is 17.7 Å². The Kier molecular flexibility index (Phi) is 3.21. The van der Waals surface area contributed by atoms with Gasteiger partial charge < -0.3 is 14.8 Å². The normalized spacial score (nSPS) is 13.5. The Balaban J connectivity index is 2.13. The van der Waals surface area contributed by atoms with Gasteiger partial charge in [-0.25, -0.2) is 0 Å². The van der Waals surface area contributed by atoms with E-state index in [-0.39, 0.29) is 5.41 Å². The van der Waals surface area contributed by atoms with Gasteiger partial charge in [0.15, 0.2) is 11.5 Å². The molecule has 0 saturated heterocycles. The molecule has 1 aliphatic heterocycles. The molecule has 0 bridgehead atoms. The molecule has 17 heavy (non-hydrogen) atoms. The number of ether oxygens (including phenoxy) is 2. The summed E-state index contributed by atoms with van der Waals surface area (Å²) in [5.41, 5.74) is 1.13. The van der Waals surface area contributed by atoms with E-state index in [4.69, 9.17) is 14.7 Å². The lowest BCUT2D eigenvalue weighted by atomic mass is 9.84. The first-order valence-corrected chi connectivity index (χ1v) is 5.61. The second-order valence-electron chi connectivity index (χ2n) is 4.71. The van der Waals surface area contributed by atoms with Gasteiger partial charge in [-0.3, -0.25) is 0 Å². The van der Waals surface area contributed by atoms with Gasteiger partial charge in [-0.2, -0.15) is 5.26 Å². The maximum Gasteiger partial charge on any atom is 0.231 e. The minimum Gasteiger partial charge on any atom is -0.454 e. The number of nitrogens with zero attached hydrogens (tertiary/aromatic N) is 1. The van der Waals surface area contributed by atoms with Crippen molar-refractivity contribution >= 4 is 0 Å². The molecular formula is C13H16N2O2. The zero-order valence-corrected chi connectivity index (χ0v) is 10.1. The van der Waals surface area contributed by atoms with Crippen molar-refractivity contribution in [3.05, 3.63) is 23.8 Å². The topological polar surface area (TPSA) is 54.3 Å². The van der Waals surface area contributed by atoms with Crippen LogP contribution in [0.5, 0.6) is 11.5 Å². The number of fused-ring (bicyclic) bond motifs is 1. The van der Waals surface area contributed by atoms with Crippen molar-refractivity contribution in [2.45, 2.75) is 19.3 Å². The molecule has 0 radical (unpaired) electrons. The Morgan fingerprint density at radius 2 is 2.12 bits per heavy atom. The van der Waals surface area contributed by atoms with E-state index >= 15 is 0 Å². The molecule has 0 unspecified atom stereocenters. The standard InChI is InChI=1S/C13H16N2O2/c1-13(2,8-15-6-5-14)10-3-4-11-12(7-10)17-9-16-11/h3-4,7,15H,6,8-9H2,1-2H3. The van der Waals surface area contributed by atoms with E-state index in [1.54, 1.807) is 0 Å². The fraction of sp³-hybridized carbons (Fsp3) is 0.462. The van der Waals surface area contributed by atoms with Crippen molar-refractivity contribution < 1.29 is 9.47 Å². The number of hydrogen-bond acceptors (Lipinski definition) is 4. The molecule has 4 nitrogen and oxygen atoms in total. The highest BCUT2D eigenvalue weighted by Crippen LogP contribution is 2.36. The van der Waals surface area contributed by atoms with Crippen LogP contribution in [0.3, 0.4) is 0 Å². The lowest BCUT2D eigenvalue weighted by Crippen LogP contribution is -2.33. The van der Waals surface area contributed by atoms with E-state index < -0.39 is 0 Å². The van der Waals surface area contributed by atoms with Gasteiger partial charge in [-0.15, -0.1) is 0 Å².